The molecule has 1 saturated heterocycles. The second-order valence-corrected chi connectivity index (χ2v) is 5.31. The van der Waals surface area contributed by atoms with Crippen molar-refractivity contribution >= 4 is 15.9 Å². The Labute approximate surface area is 105 Å². The molecule has 5 heteroatoms. The molecule has 4 nitrogen and oxygen atoms in total. The van der Waals surface area contributed by atoms with Gasteiger partial charge in [-0.1, -0.05) is 15.9 Å². The van der Waals surface area contributed by atoms with Gasteiger partial charge in [0.05, 0.1) is 6.54 Å². The van der Waals surface area contributed by atoms with Crippen molar-refractivity contribution in [1.29, 1.82) is 0 Å². The number of aryl methyl sites for hydroxylation is 1. The number of rotatable bonds is 4. The first-order valence-electron chi connectivity index (χ1n) is 5.91. The molecule has 1 aliphatic rings. The van der Waals surface area contributed by atoms with E-state index in [1.54, 1.807) is 6.33 Å². The highest BCUT2D eigenvalue weighted by Gasteiger charge is 2.20. The summed E-state index contributed by atoms with van der Waals surface area (Å²) >= 11 is 3.53. The van der Waals surface area contributed by atoms with Gasteiger partial charge in [0, 0.05) is 18.9 Å². The van der Waals surface area contributed by atoms with Crippen molar-refractivity contribution in [2.45, 2.75) is 25.8 Å². The van der Waals surface area contributed by atoms with Crippen LogP contribution in [0.5, 0.6) is 0 Å². The van der Waals surface area contributed by atoms with E-state index in [0.29, 0.717) is 0 Å². The molecule has 2 heterocycles. The first-order chi connectivity index (χ1) is 7.79. The number of hydrogen-bond acceptors (Lipinski definition) is 3. The Morgan fingerprint density at radius 1 is 1.56 bits per heavy atom. The zero-order valence-corrected chi connectivity index (χ0v) is 11.4. The minimum absolute atomic E-state index is 0.848. The van der Waals surface area contributed by atoms with Crippen LogP contribution >= 0.6 is 15.9 Å². The minimum Gasteiger partial charge on any atom is -0.296 e. The summed E-state index contributed by atoms with van der Waals surface area (Å²) in [6.45, 7) is 3.35. The number of halogens is 1. The number of nitrogens with zero attached hydrogens (tertiary/aromatic N) is 4. The fraction of sp³-hybridized carbons (Fsp3) is 0.818. The number of aromatic nitrogens is 3. The van der Waals surface area contributed by atoms with Crippen LogP contribution in [0.25, 0.3) is 0 Å². The van der Waals surface area contributed by atoms with Gasteiger partial charge in [0.15, 0.2) is 0 Å². The highest BCUT2D eigenvalue weighted by atomic mass is 79.9. The zero-order chi connectivity index (χ0) is 11.4. The highest BCUT2D eigenvalue weighted by Crippen LogP contribution is 2.21. The summed E-state index contributed by atoms with van der Waals surface area (Å²) in [5, 5.41) is 5.23. The molecule has 0 aromatic carbocycles. The van der Waals surface area contributed by atoms with E-state index in [9.17, 15) is 0 Å². The van der Waals surface area contributed by atoms with Gasteiger partial charge in [-0.05, 0) is 31.7 Å². The molecule has 1 atom stereocenters. The molecule has 0 bridgehead atoms. The lowest BCUT2D eigenvalue weighted by atomic mass is 9.96. The third kappa shape index (κ3) is 3.04. The molecular formula is C11H19BrN4. The molecule has 0 aliphatic carbocycles. The van der Waals surface area contributed by atoms with E-state index >= 15 is 0 Å². The molecule has 0 saturated carbocycles. The van der Waals surface area contributed by atoms with Crippen molar-refractivity contribution in [3.05, 3.63) is 12.2 Å². The second-order valence-electron chi connectivity index (χ2n) is 4.52. The lowest BCUT2D eigenvalue weighted by molar-refractivity contribution is 0.160. The third-order valence-electron chi connectivity index (χ3n) is 3.29. The SMILES string of the molecule is Cn1ncnc1CN1CCCC(CCBr)C1. The summed E-state index contributed by atoms with van der Waals surface area (Å²) < 4.78 is 1.87. The normalized spacial score (nSPS) is 22.5. The van der Waals surface area contributed by atoms with Gasteiger partial charge < -0.3 is 0 Å². The lowest BCUT2D eigenvalue weighted by Gasteiger charge is -2.32. The minimum atomic E-state index is 0.848. The van der Waals surface area contributed by atoms with Gasteiger partial charge in [0.2, 0.25) is 0 Å². The second kappa shape index (κ2) is 5.77. The van der Waals surface area contributed by atoms with Crippen molar-refractivity contribution < 1.29 is 0 Å². The Kier molecular flexibility index (Phi) is 4.35. The first kappa shape index (κ1) is 12.0. The molecule has 16 heavy (non-hydrogen) atoms. The molecule has 1 aliphatic heterocycles. The molecule has 1 aromatic rings. The Hall–Kier alpha value is -0.420. The van der Waals surface area contributed by atoms with Crippen LogP contribution in [0.15, 0.2) is 6.33 Å². The van der Waals surface area contributed by atoms with Gasteiger partial charge in [-0.2, -0.15) is 5.10 Å². The van der Waals surface area contributed by atoms with Gasteiger partial charge in [-0.25, -0.2) is 4.98 Å². The average molecular weight is 287 g/mol. The van der Waals surface area contributed by atoms with E-state index in [0.717, 1.165) is 23.6 Å². The Balaban J connectivity index is 1.88. The Bertz CT molecular complexity index is 324. The molecule has 1 fully saturated rings. The van der Waals surface area contributed by atoms with Crippen LogP contribution in [0, 0.1) is 5.92 Å². The maximum Gasteiger partial charge on any atom is 0.140 e. The van der Waals surface area contributed by atoms with Gasteiger partial charge in [0.25, 0.3) is 0 Å². The van der Waals surface area contributed by atoms with Gasteiger partial charge >= 0.3 is 0 Å². The zero-order valence-electron chi connectivity index (χ0n) is 9.77. The maximum atomic E-state index is 4.28. The van der Waals surface area contributed by atoms with Crippen molar-refractivity contribution in [3.63, 3.8) is 0 Å². The molecule has 0 N–H and O–H groups in total. The summed E-state index contributed by atoms with van der Waals surface area (Å²) in [5.74, 6) is 1.92. The molecule has 90 valence electrons. The Morgan fingerprint density at radius 3 is 3.12 bits per heavy atom. The van der Waals surface area contributed by atoms with Crippen LogP contribution in [0.3, 0.4) is 0 Å². The van der Waals surface area contributed by atoms with Gasteiger partial charge in [-0.15, -0.1) is 0 Å². The largest absolute Gasteiger partial charge is 0.296 e. The molecule has 2 rings (SSSR count). The standard InChI is InChI=1S/C11H19BrN4/c1-15-11(13-9-14-15)8-16-6-2-3-10(7-16)4-5-12/h9-10H,2-8H2,1H3. The molecule has 1 aromatic heterocycles. The van der Waals surface area contributed by atoms with Crippen molar-refractivity contribution in [1.82, 2.24) is 19.7 Å². The van der Waals surface area contributed by atoms with E-state index in [2.05, 4.69) is 30.9 Å². The van der Waals surface area contributed by atoms with E-state index in [1.165, 1.54) is 32.4 Å². The molecular weight excluding hydrogens is 268 g/mol. The lowest BCUT2D eigenvalue weighted by Crippen LogP contribution is -2.35. The third-order valence-corrected chi connectivity index (χ3v) is 3.75. The van der Waals surface area contributed by atoms with E-state index in [1.807, 2.05) is 11.7 Å². The fourth-order valence-electron chi connectivity index (χ4n) is 2.35. The van der Waals surface area contributed by atoms with Crippen molar-refractivity contribution in [3.8, 4) is 0 Å². The van der Waals surface area contributed by atoms with Crippen molar-refractivity contribution in [2.75, 3.05) is 18.4 Å². The molecule has 0 spiro atoms. The van der Waals surface area contributed by atoms with Crippen molar-refractivity contribution in [2.24, 2.45) is 13.0 Å². The van der Waals surface area contributed by atoms with E-state index < -0.39 is 0 Å². The van der Waals surface area contributed by atoms with E-state index in [-0.39, 0.29) is 0 Å². The van der Waals surface area contributed by atoms with E-state index in [4.69, 9.17) is 0 Å². The van der Waals surface area contributed by atoms with Crippen LogP contribution in [0.1, 0.15) is 25.1 Å². The van der Waals surface area contributed by atoms with Crippen LogP contribution in [0.4, 0.5) is 0 Å². The number of alkyl halides is 1. The highest BCUT2D eigenvalue weighted by molar-refractivity contribution is 9.09. The Morgan fingerprint density at radius 2 is 2.44 bits per heavy atom. The summed E-state index contributed by atoms with van der Waals surface area (Å²) in [4.78, 5) is 6.78. The number of likely N-dealkylation sites (tertiary alicyclic amines) is 1. The summed E-state index contributed by atoms with van der Waals surface area (Å²) in [6.07, 6.45) is 5.61. The summed E-state index contributed by atoms with van der Waals surface area (Å²) in [6, 6.07) is 0. The fourth-order valence-corrected chi connectivity index (χ4v) is 3.00. The van der Waals surface area contributed by atoms with Crippen LogP contribution in [-0.2, 0) is 13.6 Å². The van der Waals surface area contributed by atoms with Gasteiger partial charge in [-0.3, -0.25) is 9.58 Å². The molecule has 0 amide bonds. The smallest absolute Gasteiger partial charge is 0.140 e. The summed E-state index contributed by atoms with van der Waals surface area (Å²) in [5.41, 5.74) is 0. The molecule has 1 unspecified atom stereocenters. The maximum absolute atomic E-state index is 4.28. The predicted octanol–water partition coefficient (Wildman–Crippen LogP) is 1.81. The topological polar surface area (TPSA) is 34.0 Å². The summed E-state index contributed by atoms with van der Waals surface area (Å²) in [7, 11) is 1.96. The number of piperidine rings is 1. The van der Waals surface area contributed by atoms with Crippen LogP contribution in [0.2, 0.25) is 0 Å². The first-order valence-corrected chi connectivity index (χ1v) is 7.03. The van der Waals surface area contributed by atoms with Crippen LogP contribution < -0.4 is 0 Å². The quantitative estimate of drug-likeness (QED) is 0.792. The monoisotopic (exact) mass is 286 g/mol. The average Bonchev–Trinajstić information content (AvgIpc) is 2.66. The van der Waals surface area contributed by atoms with Gasteiger partial charge in [0.1, 0.15) is 12.2 Å². The number of hydrogen-bond donors (Lipinski definition) is 0. The molecule has 0 radical (unpaired) electrons. The van der Waals surface area contributed by atoms with Crippen LogP contribution in [-0.4, -0.2) is 38.1 Å². The predicted molar refractivity (Wildman–Crippen MR) is 67.4 cm³/mol.